The van der Waals surface area contributed by atoms with Crippen molar-refractivity contribution < 1.29 is 14.6 Å². The minimum absolute atomic E-state index is 0.223. The van der Waals surface area contributed by atoms with Gasteiger partial charge >= 0.3 is 5.97 Å². The summed E-state index contributed by atoms with van der Waals surface area (Å²) in [6.07, 6.45) is 3.56. The number of rotatable bonds is 6. The molecule has 0 aliphatic heterocycles. The van der Waals surface area contributed by atoms with Crippen LogP contribution in [0.4, 0.5) is 5.69 Å². The Balaban J connectivity index is 2.06. The van der Waals surface area contributed by atoms with E-state index in [4.69, 9.17) is 9.84 Å². The fraction of sp³-hybridized carbons (Fsp3) is 0.231. The normalized spacial score (nSPS) is 10.2. The first-order valence-electron chi connectivity index (χ1n) is 5.83. The average Bonchev–Trinajstić information content (AvgIpc) is 2.91. The number of carboxylic acid groups (broad SMARTS) is 1. The summed E-state index contributed by atoms with van der Waals surface area (Å²) in [4.78, 5) is 11.1. The van der Waals surface area contributed by atoms with Crippen LogP contribution in [0.3, 0.4) is 0 Å². The van der Waals surface area contributed by atoms with Gasteiger partial charge in [-0.05, 0) is 18.2 Å². The number of anilines is 1. The van der Waals surface area contributed by atoms with E-state index in [1.54, 1.807) is 30.1 Å². The molecule has 0 spiro atoms. The lowest BCUT2D eigenvalue weighted by atomic mass is 10.1. The summed E-state index contributed by atoms with van der Waals surface area (Å²) in [5, 5.41) is 16.3. The number of ether oxygens (including phenoxy) is 1. The molecule has 0 saturated heterocycles. The molecule has 19 heavy (non-hydrogen) atoms. The summed E-state index contributed by atoms with van der Waals surface area (Å²) in [5.41, 5.74) is 0.764. The fourth-order valence-electron chi connectivity index (χ4n) is 1.72. The molecule has 0 bridgehead atoms. The van der Waals surface area contributed by atoms with Crippen LogP contribution < -0.4 is 10.1 Å². The summed E-state index contributed by atoms with van der Waals surface area (Å²) in [6.45, 7) is 1.23. The van der Waals surface area contributed by atoms with Crippen molar-refractivity contribution >= 4 is 11.7 Å². The monoisotopic (exact) mass is 261 g/mol. The van der Waals surface area contributed by atoms with E-state index in [1.165, 1.54) is 6.07 Å². The molecule has 2 rings (SSSR count). The van der Waals surface area contributed by atoms with Gasteiger partial charge in [-0.2, -0.15) is 5.10 Å². The highest BCUT2D eigenvalue weighted by Crippen LogP contribution is 2.22. The van der Waals surface area contributed by atoms with Gasteiger partial charge in [0.05, 0.1) is 24.9 Å². The van der Waals surface area contributed by atoms with Gasteiger partial charge in [-0.15, -0.1) is 0 Å². The molecular weight excluding hydrogens is 246 g/mol. The average molecular weight is 261 g/mol. The maximum absolute atomic E-state index is 11.1. The molecule has 1 aromatic heterocycles. The fourth-order valence-corrected chi connectivity index (χ4v) is 1.72. The topological polar surface area (TPSA) is 76.4 Å². The van der Waals surface area contributed by atoms with E-state index in [9.17, 15) is 4.79 Å². The molecule has 2 aromatic rings. The van der Waals surface area contributed by atoms with Crippen LogP contribution in [-0.4, -0.2) is 34.5 Å². The lowest BCUT2D eigenvalue weighted by molar-refractivity contribution is 0.0698. The molecule has 1 aromatic carbocycles. The number of methoxy groups -OCH3 is 1. The third-order valence-electron chi connectivity index (χ3n) is 2.67. The zero-order valence-corrected chi connectivity index (χ0v) is 10.5. The molecule has 1 heterocycles. The molecule has 0 unspecified atom stereocenters. The van der Waals surface area contributed by atoms with Gasteiger partial charge < -0.3 is 15.2 Å². The lowest BCUT2D eigenvalue weighted by Crippen LogP contribution is -2.13. The first kappa shape index (κ1) is 12.9. The van der Waals surface area contributed by atoms with Gasteiger partial charge in [-0.3, -0.25) is 4.68 Å². The number of benzene rings is 1. The molecular formula is C13H15N3O3. The predicted molar refractivity (Wildman–Crippen MR) is 70.7 cm³/mol. The van der Waals surface area contributed by atoms with Crippen LogP contribution in [0.15, 0.2) is 36.7 Å². The second-order valence-corrected chi connectivity index (χ2v) is 3.91. The Morgan fingerprint density at radius 1 is 1.53 bits per heavy atom. The van der Waals surface area contributed by atoms with Gasteiger partial charge in [0, 0.05) is 25.0 Å². The molecule has 100 valence electrons. The zero-order valence-electron chi connectivity index (χ0n) is 10.5. The molecule has 0 radical (unpaired) electrons. The van der Waals surface area contributed by atoms with Crippen LogP contribution in [0.1, 0.15) is 10.4 Å². The molecule has 0 fully saturated rings. The number of carbonyl (C=O) groups is 1. The first-order chi connectivity index (χ1) is 9.20. The molecule has 0 atom stereocenters. The summed E-state index contributed by atoms with van der Waals surface area (Å²) in [6, 6.07) is 6.67. The Morgan fingerprint density at radius 3 is 3.00 bits per heavy atom. The SMILES string of the molecule is COc1ccc(C(=O)O)c(NCCn2cccn2)c1. The molecule has 2 N–H and O–H groups in total. The molecule has 0 saturated carbocycles. The van der Waals surface area contributed by atoms with Gasteiger partial charge in [0.15, 0.2) is 0 Å². The summed E-state index contributed by atoms with van der Waals surface area (Å²) >= 11 is 0. The van der Waals surface area contributed by atoms with E-state index < -0.39 is 5.97 Å². The minimum Gasteiger partial charge on any atom is -0.497 e. The van der Waals surface area contributed by atoms with Crippen LogP contribution in [-0.2, 0) is 6.54 Å². The second kappa shape index (κ2) is 5.90. The van der Waals surface area contributed by atoms with Gasteiger partial charge in [0.2, 0.25) is 0 Å². The summed E-state index contributed by atoms with van der Waals surface area (Å²) in [5.74, 6) is -0.351. The maximum Gasteiger partial charge on any atom is 0.337 e. The largest absolute Gasteiger partial charge is 0.497 e. The highest BCUT2D eigenvalue weighted by Gasteiger charge is 2.10. The Kier molecular flexibility index (Phi) is 4.02. The third-order valence-corrected chi connectivity index (χ3v) is 2.67. The van der Waals surface area contributed by atoms with Crippen molar-refractivity contribution in [1.29, 1.82) is 0 Å². The summed E-state index contributed by atoms with van der Waals surface area (Å²) in [7, 11) is 1.54. The molecule has 6 nitrogen and oxygen atoms in total. The van der Waals surface area contributed by atoms with Crippen molar-refractivity contribution in [2.24, 2.45) is 0 Å². The van der Waals surface area contributed by atoms with Crippen molar-refractivity contribution in [3.8, 4) is 5.75 Å². The number of aromatic nitrogens is 2. The van der Waals surface area contributed by atoms with Crippen molar-refractivity contribution in [2.75, 3.05) is 19.0 Å². The maximum atomic E-state index is 11.1. The number of hydrogen-bond acceptors (Lipinski definition) is 4. The van der Waals surface area contributed by atoms with Crippen molar-refractivity contribution in [3.05, 3.63) is 42.2 Å². The van der Waals surface area contributed by atoms with E-state index in [2.05, 4.69) is 10.4 Å². The van der Waals surface area contributed by atoms with Crippen molar-refractivity contribution in [3.63, 3.8) is 0 Å². The van der Waals surface area contributed by atoms with Crippen LogP contribution >= 0.6 is 0 Å². The summed E-state index contributed by atoms with van der Waals surface area (Å²) < 4.78 is 6.86. The lowest BCUT2D eigenvalue weighted by Gasteiger charge is -2.11. The Hall–Kier alpha value is -2.50. The molecule has 0 aliphatic rings. The molecule has 0 aliphatic carbocycles. The molecule has 6 heteroatoms. The standard InChI is InChI=1S/C13H15N3O3/c1-19-10-3-4-11(13(17)18)12(9-10)14-6-8-16-7-2-5-15-16/h2-5,7,9,14H,6,8H2,1H3,(H,17,18). The van der Waals surface area contributed by atoms with Gasteiger partial charge in [0.25, 0.3) is 0 Å². The predicted octanol–water partition coefficient (Wildman–Crippen LogP) is 1.70. The first-order valence-corrected chi connectivity index (χ1v) is 5.83. The van der Waals surface area contributed by atoms with Crippen LogP contribution in [0.25, 0.3) is 0 Å². The van der Waals surface area contributed by atoms with Gasteiger partial charge in [0.1, 0.15) is 5.75 Å². The van der Waals surface area contributed by atoms with Crippen LogP contribution in [0.5, 0.6) is 5.75 Å². The van der Waals surface area contributed by atoms with E-state index in [0.717, 1.165) is 0 Å². The Labute approximate surface area is 110 Å². The highest BCUT2D eigenvalue weighted by molar-refractivity contribution is 5.94. The highest BCUT2D eigenvalue weighted by atomic mass is 16.5. The van der Waals surface area contributed by atoms with E-state index >= 15 is 0 Å². The van der Waals surface area contributed by atoms with Crippen LogP contribution in [0.2, 0.25) is 0 Å². The Morgan fingerprint density at radius 2 is 2.37 bits per heavy atom. The quantitative estimate of drug-likeness (QED) is 0.827. The minimum atomic E-state index is -0.968. The van der Waals surface area contributed by atoms with Gasteiger partial charge in [-0.1, -0.05) is 0 Å². The zero-order chi connectivity index (χ0) is 13.7. The number of aromatic carboxylic acids is 1. The van der Waals surface area contributed by atoms with Crippen LogP contribution in [0, 0.1) is 0 Å². The smallest absolute Gasteiger partial charge is 0.337 e. The Bertz CT molecular complexity index is 552. The van der Waals surface area contributed by atoms with E-state index in [1.807, 2.05) is 12.3 Å². The molecule has 0 amide bonds. The van der Waals surface area contributed by atoms with Crippen molar-refractivity contribution in [2.45, 2.75) is 6.54 Å². The number of nitrogens with zero attached hydrogens (tertiary/aromatic N) is 2. The number of nitrogens with one attached hydrogen (secondary N) is 1. The third kappa shape index (κ3) is 3.25. The second-order valence-electron chi connectivity index (χ2n) is 3.91. The van der Waals surface area contributed by atoms with E-state index in [0.29, 0.717) is 24.5 Å². The number of hydrogen-bond donors (Lipinski definition) is 2. The van der Waals surface area contributed by atoms with Gasteiger partial charge in [-0.25, -0.2) is 4.79 Å². The van der Waals surface area contributed by atoms with Crippen molar-refractivity contribution in [1.82, 2.24) is 9.78 Å². The number of carboxylic acids is 1. The van der Waals surface area contributed by atoms with E-state index in [-0.39, 0.29) is 5.56 Å².